The van der Waals surface area contributed by atoms with Crippen molar-refractivity contribution in [2.24, 2.45) is 5.92 Å². The van der Waals surface area contributed by atoms with Gasteiger partial charge in [-0.2, -0.15) is 11.8 Å². The van der Waals surface area contributed by atoms with Crippen LogP contribution in [0.4, 0.5) is 0 Å². The summed E-state index contributed by atoms with van der Waals surface area (Å²) in [6, 6.07) is 0.198. The first-order chi connectivity index (χ1) is 7.22. The third-order valence-corrected chi connectivity index (χ3v) is 4.02. The van der Waals surface area contributed by atoms with Gasteiger partial charge in [0.2, 0.25) is 5.91 Å². The van der Waals surface area contributed by atoms with Gasteiger partial charge in [0.05, 0.1) is 5.25 Å². The molecule has 1 aliphatic carbocycles. The summed E-state index contributed by atoms with van der Waals surface area (Å²) < 4.78 is 0. The van der Waals surface area contributed by atoms with Crippen LogP contribution < -0.4 is 5.32 Å². The summed E-state index contributed by atoms with van der Waals surface area (Å²) in [5.41, 5.74) is 0. The van der Waals surface area contributed by atoms with Gasteiger partial charge in [-0.25, -0.2) is 0 Å². The number of aliphatic hydroxyl groups excluding tert-OH is 1. The molecule has 0 saturated heterocycles. The molecule has 1 saturated carbocycles. The monoisotopic (exact) mass is 231 g/mol. The smallest absolute Gasteiger partial charge is 0.233 e. The molecule has 0 heterocycles. The van der Waals surface area contributed by atoms with Crippen molar-refractivity contribution in [3.05, 3.63) is 0 Å². The number of carbonyl (C=O) groups excluding carboxylic acids is 1. The van der Waals surface area contributed by atoms with Gasteiger partial charge in [0.25, 0.3) is 0 Å². The van der Waals surface area contributed by atoms with Crippen molar-refractivity contribution in [2.45, 2.75) is 43.9 Å². The van der Waals surface area contributed by atoms with Gasteiger partial charge in [-0.15, -0.1) is 0 Å². The Labute approximate surface area is 96.0 Å². The van der Waals surface area contributed by atoms with E-state index in [1.807, 2.05) is 13.2 Å². The second-order valence-electron chi connectivity index (χ2n) is 4.10. The molecule has 2 atom stereocenters. The van der Waals surface area contributed by atoms with Crippen LogP contribution in [0, 0.1) is 5.92 Å². The van der Waals surface area contributed by atoms with Crippen molar-refractivity contribution in [1.29, 1.82) is 0 Å². The minimum absolute atomic E-state index is 0.0601. The Morgan fingerprint density at radius 2 is 2.27 bits per heavy atom. The summed E-state index contributed by atoms with van der Waals surface area (Å²) in [6.07, 6.45) is 5.92. The lowest BCUT2D eigenvalue weighted by molar-refractivity contribution is -0.121. The van der Waals surface area contributed by atoms with Crippen LogP contribution in [0.1, 0.15) is 32.6 Å². The molecule has 0 aromatic carbocycles. The van der Waals surface area contributed by atoms with Gasteiger partial charge in [0, 0.05) is 12.6 Å². The van der Waals surface area contributed by atoms with Gasteiger partial charge >= 0.3 is 0 Å². The van der Waals surface area contributed by atoms with Crippen LogP contribution in [-0.2, 0) is 4.79 Å². The number of thioether (sulfide) groups is 1. The van der Waals surface area contributed by atoms with Crippen molar-refractivity contribution < 1.29 is 9.90 Å². The molecule has 0 aliphatic heterocycles. The zero-order chi connectivity index (χ0) is 11.3. The van der Waals surface area contributed by atoms with E-state index in [2.05, 4.69) is 5.32 Å². The number of nitrogens with one attached hydrogen (secondary N) is 1. The number of amides is 1. The molecule has 0 radical (unpaired) electrons. The predicted octanol–water partition coefficient (Wildman–Crippen LogP) is 1.41. The fourth-order valence-electron chi connectivity index (χ4n) is 1.80. The van der Waals surface area contributed by atoms with E-state index in [0.29, 0.717) is 12.3 Å². The van der Waals surface area contributed by atoms with Crippen LogP contribution in [0.25, 0.3) is 0 Å². The lowest BCUT2D eigenvalue weighted by Gasteiger charge is -2.20. The minimum atomic E-state index is 0.0601. The van der Waals surface area contributed by atoms with Crippen LogP contribution in [0.15, 0.2) is 0 Å². The lowest BCUT2D eigenvalue weighted by atomic mass is 10.1. The fraction of sp³-hybridized carbons (Fsp3) is 0.909. The van der Waals surface area contributed by atoms with E-state index in [1.165, 1.54) is 12.8 Å². The third kappa shape index (κ3) is 4.03. The SMILES string of the molecule is CCC(SC)C(=O)NC(CCO)C1CC1. The van der Waals surface area contributed by atoms with Crippen LogP contribution in [0.2, 0.25) is 0 Å². The number of hydrogen-bond donors (Lipinski definition) is 2. The molecule has 0 aromatic heterocycles. The standard InChI is InChI=1S/C11H21NO2S/c1-3-10(15-2)11(14)12-9(6-7-13)8-4-5-8/h8-10,13H,3-7H2,1-2H3,(H,12,14). The molecule has 88 valence electrons. The molecule has 1 aliphatic rings. The van der Waals surface area contributed by atoms with Crippen molar-refractivity contribution in [2.75, 3.05) is 12.9 Å². The maximum absolute atomic E-state index is 11.8. The summed E-state index contributed by atoms with van der Waals surface area (Å²) in [5, 5.41) is 12.0. The van der Waals surface area contributed by atoms with Gasteiger partial charge in [-0.3, -0.25) is 4.79 Å². The number of rotatable bonds is 7. The second-order valence-corrected chi connectivity index (χ2v) is 5.14. The first-order valence-corrected chi connectivity index (χ1v) is 6.95. The van der Waals surface area contributed by atoms with E-state index >= 15 is 0 Å². The van der Waals surface area contributed by atoms with Gasteiger partial charge in [-0.05, 0) is 37.9 Å². The Hall–Kier alpha value is -0.220. The summed E-state index contributed by atoms with van der Waals surface area (Å²) in [4.78, 5) is 11.8. The fourth-order valence-corrected chi connectivity index (χ4v) is 2.41. The molecule has 3 nitrogen and oxygen atoms in total. The second kappa shape index (κ2) is 6.38. The van der Waals surface area contributed by atoms with E-state index in [-0.39, 0.29) is 23.8 Å². The van der Waals surface area contributed by atoms with Gasteiger partial charge in [-0.1, -0.05) is 6.92 Å². The molecule has 1 rings (SSSR count). The largest absolute Gasteiger partial charge is 0.396 e. The highest BCUT2D eigenvalue weighted by atomic mass is 32.2. The topological polar surface area (TPSA) is 49.3 Å². The highest BCUT2D eigenvalue weighted by molar-refractivity contribution is 7.99. The molecule has 0 spiro atoms. The van der Waals surface area contributed by atoms with Crippen LogP contribution in [-0.4, -0.2) is 35.2 Å². The molecule has 1 fully saturated rings. The van der Waals surface area contributed by atoms with Crippen molar-refractivity contribution in [3.8, 4) is 0 Å². The van der Waals surface area contributed by atoms with E-state index in [0.717, 1.165) is 6.42 Å². The highest BCUT2D eigenvalue weighted by Gasteiger charge is 2.32. The number of carbonyl (C=O) groups is 1. The molecule has 0 aromatic rings. The molecule has 2 unspecified atom stereocenters. The Morgan fingerprint density at radius 1 is 1.60 bits per heavy atom. The average Bonchev–Trinajstić information content (AvgIpc) is 3.02. The zero-order valence-corrected chi connectivity index (χ0v) is 10.3. The lowest BCUT2D eigenvalue weighted by Crippen LogP contribution is -2.41. The minimum Gasteiger partial charge on any atom is -0.396 e. The van der Waals surface area contributed by atoms with Crippen molar-refractivity contribution in [1.82, 2.24) is 5.32 Å². The summed E-state index contributed by atoms with van der Waals surface area (Å²) in [6.45, 7) is 2.19. The zero-order valence-electron chi connectivity index (χ0n) is 9.53. The van der Waals surface area contributed by atoms with E-state index < -0.39 is 0 Å². The van der Waals surface area contributed by atoms with E-state index in [1.54, 1.807) is 11.8 Å². The predicted molar refractivity (Wildman–Crippen MR) is 64.0 cm³/mol. The molecule has 1 amide bonds. The maximum Gasteiger partial charge on any atom is 0.233 e. The number of hydrogen-bond acceptors (Lipinski definition) is 3. The Morgan fingerprint density at radius 3 is 2.67 bits per heavy atom. The number of aliphatic hydroxyl groups is 1. The molecule has 4 heteroatoms. The average molecular weight is 231 g/mol. The summed E-state index contributed by atoms with van der Waals surface area (Å²) in [5.74, 6) is 0.746. The van der Waals surface area contributed by atoms with Crippen LogP contribution >= 0.6 is 11.8 Å². The maximum atomic E-state index is 11.8. The van der Waals surface area contributed by atoms with Crippen molar-refractivity contribution in [3.63, 3.8) is 0 Å². The first-order valence-electron chi connectivity index (χ1n) is 5.67. The Balaban J connectivity index is 2.38. The third-order valence-electron chi connectivity index (χ3n) is 2.91. The highest BCUT2D eigenvalue weighted by Crippen LogP contribution is 2.34. The van der Waals surface area contributed by atoms with Crippen LogP contribution in [0.5, 0.6) is 0 Å². The quantitative estimate of drug-likeness (QED) is 0.696. The van der Waals surface area contributed by atoms with E-state index in [9.17, 15) is 4.79 Å². The van der Waals surface area contributed by atoms with Gasteiger partial charge in [0.1, 0.15) is 0 Å². The summed E-state index contributed by atoms with van der Waals surface area (Å²) in [7, 11) is 0. The Bertz CT molecular complexity index is 203. The first kappa shape index (κ1) is 12.8. The van der Waals surface area contributed by atoms with Gasteiger partial charge in [0.15, 0.2) is 0 Å². The molecular formula is C11H21NO2S. The normalized spacial score (nSPS) is 19.7. The molecule has 2 N–H and O–H groups in total. The van der Waals surface area contributed by atoms with Crippen molar-refractivity contribution >= 4 is 17.7 Å². The van der Waals surface area contributed by atoms with Gasteiger partial charge < -0.3 is 10.4 Å². The molecular weight excluding hydrogens is 210 g/mol. The summed E-state index contributed by atoms with van der Waals surface area (Å²) >= 11 is 1.60. The van der Waals surface area contributed by atoms with Crippen LogP contribution in [0.3, 0.4) is 0 Å². The Kier molecular flexibility index (Phi) is 5.47. The molecule has 0 bridgehead atoms. The van der Waals surface area contributed by atoms with E-state index in [4.69, 9.17) is 5.11 Å². The molecule has 15 heavy (non-hydrogen) atoms.